The van der Waals surface area contributed by atoms with Crippen molar-refractivity contribution in [3.63, 3.8) is 0 Å². The van der Waals surface area contributed by atoms with Crippen molar-refractivity contribution in [1.29, 1.82) is 0 Å². The fraction of sp³-hybridized carbons (Fsp3) is 0.160. The van der Waals surface area contributed by atoms with Crippen LogP contribution in [-0.4, -0.2) is 40.7 Å². The summed E-state index contributed by atoms with van der Waals surface area (Å²) in [5, 5.41) is 9.30. The van der Waals surface area contributed by atoms with Gasteiger partial charge in [-0.25, -0.2) is 8.42 Å². The molecule has 0 fully saturated rings. The Kier molecular flexibility index (Phi) is 6.48. The summed E-state index contributed by atoms with van der Waals surface area (Å²) in [4.78, 5) is 12.9. The molecule has 1 amide bonds. The highest BCUT2D eigenvalue weighted by Gasteiger charge is 2.28. The van der Waals surface area contributed by atoms with E-state index in [0.29, 0.717) is 30.0 Å². The first-order valence-electron chi connectivity index (χ1n) is 10.6. The van der Waals surface area contributed by atoms with Gasteiger partial charge in [0, 0.05) is 30.0 Å². The van der Waals surface area contributed by atoms with Crippen LogP contribution in [0.4, 0.5) is 17.1 Å². The molecule has 0 unspecified atom stereocenters. The number of nitrogens with one attached hydrogen (secondary N) is 3. The molecule has 0 saturated heterocycles. The van der Waals surface area contributed by atoms with Crippen LogP contribution in [0.25, 0.3) is 11.3 Å². The molecule has 0 saturated carbocycles. The molecule has 0 aromatic heterocycles. The van der Waals surface area contributed by atoms with Gasteiger partial charge in [0.2, 0.25) is 10.0 Å². The van der Waals surface area contributed by atoms with Gasteiger partial charge in [0.1, 0.15) is 0 Å². The first-order chi connectivity index (χ1) is 15.9. The number of anilines is 3. The van der Waals surface area contributed by atoms with Crippen LogP contribution < -0.4 is 20.3 Å². The van der Waals surface area contributed by atoms with E-state index in [1.165, 1.54) is 10.6 Å². The summed E-state index contributed by atoms with van der Waals surface area (Å²) in [6, 6.07) is 24.4. The summed E-state index contributed by atoms with van der Waals surface area (Å²) in [5.41, 5.74) is 5.04. The van der Waals surface area contributed by atoms with Crippen LogP contribution in [0.15, 0.2) is 78.9 Å². The molecule has 1 aliphatic rings. The van der Waals surface area contributed by atoms with Gasteiger partial charge in [-0.1, -0.05) is 48.5 Å². The van der Waals surface area contributed by atoms with Gasteiger partial charge < -0.3 is 16.0 Å². The smallest absolute Gasteiger partial charge is 0.258 e. The van der Waals surface area contributed by atoms with E-state index in [0.717, 1.165) is 22.5 Å². The molecule has 3 N–H and O–H groups in total. The predicted molar refractivity (Wildman–Crippen MR) is 135 cm³/mol. The number of rotatable bonds is 8. The molecule has 170 valence electrons. The highest BCUT2D eigenvalue weighted by atomic mass is 32.2. The minimum absolute atomic E-state index is 0.172. The average molecular weight is 463 g/mol. The molecule has 0 atom stereocenters. The highest BCUT2D eigenvalue weighted by molar-refractivity contribution is 7.92. The molecule has 0 radical (unpaired) electrons. The van der Waals surface area contributed by atoms with Gasteiger partial charge in [-0.15, -0.1) is 0 Å². The second-order valence-corrected chi connectivity index (χ2v) is 9.63. The molecule has 7 nitrogen and oxygen atoms in total. The number of hydrogen-bond acceptors (Lipinski definition) is 5. The standard InChI is InChI=1S/C25H26N4O3S/c1-26-16-17-29(33(2,31)32)20-14-12-19(13-15-20)27-24(18-8-4-3-5-9-18)23-21-10-6-7-11-22(21)28-25(23)30/h3-15,26-27H,16-17H2,1-2H3,(H,28,30)/b24-23-. The lowest BCUT2D eigenvalue weighted by Crippen LogP contribution is -2.35. The number of nitrogens with zero attached hydrogens (tertiary/aromatic N) is 1. The Balaban J connectivity index is 1.73. The quantitative estimate of drug-likeness (QED) is 0.445. The maximum absolute atomic E-state index is 12.9. The van der Waals surface area contributed by atoms with E-state index < -0.39 is 10.0 Å². The van der Waals surface area contributed by atoms with Gasteiger partial charge in [-0.2, -0.15) is 0 Å². The van der Waals surface area contributed by atoms with Crippen LogP contribution in [-0.2, 0) is 14.8 Å². The molecular formula is C25H26N4O3S. The maximum Gasteiger partial charge on any atom is 0.258 e. The Morgan fingerprint density at radius 1 is 0.939 bits per heavy atom. The third kappa shape index (κ3) is 4.92. The third-order valence-electron chi connectivity index (χ3n) is 5.37. The number of hydrogen-bond donors (Lipinski definition) is 3. The summed E-state index contributed by atoms with van der Waals surface area (Å²) in [5.74, 6) is -0.172. The van der Waals surface area contributed by atoms with Crippen molar-refractivity contribution in [2.45, 2.75) is 0 Å². The monoisotopic (exact) mass is 462 g/mol. The van der Waals surface area contributed by atoms with Gasteiger partial charge in [0.15, 0.2) is 0 Å². The Morgan fingerprint density at radius 2 is 1.61 bits per heavy atom. The molecule has 8 heteroatoms. The van der Waals surface area contributed by atoms with Gasteiger partial charge in [-0.05, 0) is 42.9 Å². The summed E-state index contributed by atoms with van der Waals surface area (Å²) >= 11 is 0. The maximum atomic E-state index is 12.9. The Morgan fingerprint density at radius 3 is 2.27 bits per heavy atom. The summed E-state index contributed by atoms with van der Waals surface area (Å²) in [7, 11) is -1.63. The zero-order valence-corrected chi connectivity index (χ0v) is 19.3. The van der Waals surface area contributed by atoms with Crippen molar-refractivity contribution in [3.8, 4) is 0 Å². The average Bonchev–Trinajstić information content (AvgIpc) is 3.14. The van der Waals surface area contributed by atoms with E-state index in [2.05, 4.69) is 16.0 Å². The molecule has 1 heterocycles. The number of carbonyl (C=O) groups is 1. The van der Waals surface area contributed by atoms with Crippen molar-refractivity contribution in [2.24, 2.45) is 0 Å². The van der Waals surface area contributed by atoms with Crippen molar-refractivity contribution >= 4 is 44.3 Å². The van der Waals surface area contributed by atoms with Crippen LogP contribution in [0.1, 0.15) is 11.1 Å². The summed E-state index contributed by atoms with van der Waals surface area (Å²) < 4.78 is 25.9. The third-order valence-corrected chi connectivity index (χ3v) is 6.57. The van der Waals surface area contributed by atoms with Crippen LogP contribution in [0, 0.1) is 0 Å². The van der Waals surface area contributed by atoms with Crippen LogP contribution in [0.2, 0.25) is 0 Å². The predicted octanol–water partition coefficient (Wildman–Crippen LogP) is 3.60. The van der Waals surface area contributed by atoms with E-state index in [1.807, 2.05) is 66.7 Å². The molecule has 1 aliphatic heterocycles. The van der Waals surface area contributed by atoms with Crippen molar-refractivity contribution in [1.82, 2.24) is 5.32 Å². The van der Waals surface area contributed by atoms with Gasteiger partial charge >= 0.3 is 0 Å². The van der Waals surface area contributed by atoms with E-state index >= 15 is 0 Å². The van der Waals surface area contributed by atoms with Crippen molar-refractivity contribution < 1.29 is 13.2 Å². The number of amides is 1. The second kappa shape index (κ2) is 9.48. The molecule has 33 heavy (non-hydrogen) atoms. The highest BCUT2D eigenvalue weighted by Crippen LogP contribution is 2.37. The molecule has 3 aromatic rings. The fourth-order valence-electron chi connectivity index (χ4n) is 3.80. The first kappa shape index (κ1) is 22.6. The Labute approximate surface area is 194 Å². The van der Waals surface area contributed by atoms with E-state index in [-0.39, 0.29) is 5.91 Å². The number of likely N-dealkylation sites (N-methyl/N-ethyl adjacent to an activating group) is 1. The van der Waals surface area contributed by atoms with Gasteiger partial charge in [0.05, 0.1) is 23.2 Å². The molecule has 0 aliphatic carbocycles. The largest absolute Gasteiger partial charge is 0.354 e. The van der Waals surface area contributed by atoms with E-state index in [9.17, 15) is 13.2 Å². The fourth-order valence-corrected chi connectivity index (χ4v) is 4.73. The number of para-hydroxylation sites is 1. The van der Waals surface area contributed by atoms with Gasteiger partial charge in [0.25, 0.3) is 5.91 Å². The summed E-state index contributed by atoms with van der Waals surface area (Å²) in [6.07, 6.45) is 1.20. The lowest BCUT2D eigenvalue weighted by Gasteiger charge is -2.23. The number of sulfonamides is 1. The zero-order chi connectivity index (χ0) is 23.4. The molecule has 3 aromatic carbocycles. The molecule has 0 bridgehead atoms. The van der Waals surface area contributed by atoms with Crippen LogP contribution >= 0.6 is 0 Å². The zero-order valence-electron chi connectivity index (χ0n) is 18.5. The number of carbonyl (C=O) groups excluding carboxylic acids is 1. The minimum Gasteiger partial charge on any atom is -0.354 e. The molecule has 0 spiro atoms. The van der Waals surface area contributed by atoms with Crippen molar-refractivity contribution in [3.05, 3.63) is 90.0 Å². The van der Waals surface area contributed by atoms with E-state index in [4.69, 9.17) is 0 Å². The van der Waals surface area contributed by atoms with Crippen LogP contribution in [0.5, 0.6) is 0 Å². The molecule has 4 rings (SSSR count). The lowest BCUT2D eigenvalue weighted by atomic mass is 10.00. The summed E-state index contributed by atoms with van der Waals surface area (Å²) in [6.45, 7) is 0.865. The molecular weight excluding hydrogens is 436 g/mol. The second-order valence-electron chi connectivity index (χ2n) is 7.73. The van der Waals surface area contributed by atoms with Crippen molar-refractivity contribution in [2.75, 3.05) is 41.3 Å². The Hall–Kier alpha value is -3.62. The minimum atomic E-state index is -3.41. The van der Waals surface area contributed by atoms with E-state index in [1.54, 1.807) is 19.2 Å². The van der Waals surface area contributed by atoms with Gasteiger partial charge in [-0.3, -0.25) is 9.10 Å². The Bertz CT molecular complexity index is 1290. The SMILES string of the molecule is CNCCN(c1ccc(N/C(=C2\C(=O)Nc3ccccc32)c2ccccc2)cc1)S(C)(=O)=O. The lowest BCUT2D eigenvalue weighted by molar-refractivity contribution is -0.110. The van der Waals surface area contributed by atoms with Crippen LogP contribution in [0.3, 0.4) is 0 Å². The normalized spacial score (nSPS) is 14.4. The number of benzene rings is 3. The topological polar surface area (TPSA) is 90.5 Å². The first-order valence-corrected chi connectivity index (χ1v) is 12.4. The number of fused-ring (bicyclic) bond motifs is 1.